The number of morpholine rings is 1. The number of rotatable bonds is 6. The van der Waals surface area contributed by atoms with Crippen molar-refractivity contribution < 1.29 is 22.7 Å². The van der Waals surface area contributed by atoms with E-state index < -0.39 is 12.6 Å². The van der Waals surface area contributed by atoms with Crippen LogP contribution in [0.3, 0.4) is 0 Å². The summed E-state index contributed by atoms with van der Waals surface area (Å²) in [6.07, 6.45) is -4.38. The van der Waals surface area contributed by atoms with Gasteiger partial charge >= 0.3 is 6.18 Å². The highest BCUT2D eigenvalue weighted by Crippen LogP contribution is 2.21. The number of nitrogens with one attached hydrogen (secondary N) is 2. The Morgan fingerprint density at radius 2 is 2.17 bits per heavy atom. The van der Waals surface area contributed by atoms with Crippen molar-refractivity contribution in [3.05, 3.63) is 0 Å². The zero-order chi connectivity index (χ0) is 13.4. The predicted octanol–water partition coefficient (Wildman–Crippen LogP) is 1.21. The first-order valence-electron chi connectivity index (χ1n) is 6.13. The monoisotopic (exact) mass is 268 g/mol. The summed E-state index contributed by atoms with van der Waals surface area (Å²) in [5, 5.41) is 5.71. The highest BCUT2D eigenvalue weighted by Gasteiger charge is 2.25. The van der Waals surface area contributed by atoms with Gasteiger partial charge in [-0.2, -0.15) is 13.2 Å². The molecule has 0 saturated carbocycles. The molecular weight excluding hydrogens is 249 g/mol. The smallest absolute Gasteiger partial charge is 0.375 e. The molecule has 0 aromatic carbocycles. The van der Waals surface area contributed by atoms with E-state index in [9.17, 15) is 18.0 Å². The topological polar surface area (TPSA) is 50.4 Å². The van der Waals surface area contributed by atoms with E-state index in [1.807, 2.05) is 0 Å². The van der Waals surface area contributed by atoms with Gasteiger partial charge in [0.2, 0.25) is 5.91 Å². The summed E-state index contributed by atoms with van der Waals surface area (Å²) in [5.74, 6) is -0.171. The molecule has 2 N–H and O–H groups in total. The van der Waals surface area contributed by atoms with E-state index in [4.69, 9.17) is 4.74 Å². The van der Waals surface area contributed by atoms with Crippen molar-refractivity contribution in [2.24, 2.45) is 0 Å². The van der Waals surface area contributed by atoms with Gasteiger partial charge in [0.1, 0.15) is 0 Å². The maximum atomic E-state index is 11.8. The molecule has 1 amide bonds. The zero-order valence-electron chi connectivity index (χ0n) is 10.2. The van der Waals surface area contributed by atoms with Crippen LogP contribution in [0.1, 0.15) is 25.7 Å². The van der Waals surface area contributed by atoms with E-state index in [0.717, 1.165) is 6.54 Å². The molecule has 0 aromatic rings. The first-order chi connectivity index (χ1) is 8.47. The van der Waals surface area contributed by atoms with Crippen LogP contribution >= 0.6 is 0 Å². The Morgan fingerprint density at radius 1 is 1.39 bits per heavy atom. The highest BCUT2D eigenvalue weighted by atomic mass is 19.4. The van der Waals surface area contributed by atoms with Crippen molar-refractivity contribution in [1.82, 2.24) is 10.6 Å². The highest BCUT2D eigenvalue weighted by molar-refractivity contribution is 5.76. The molecule has 0 aromatic heterocycles. The molecule has 1 aliphatic rings. The van der Waals surface area contributed by atoms with Crippen molar-refractivity contribution in [2.75, 3.05) is 26.2 Å². The molecule has 1 heterocycles. The second kappa shape index (κ2) is 7.58. The Labute approximate surface area is 104 Å². The molecule has 18 heavy (non-hydrogen) atoms. The van der Waals surface area contributed by atoms with E-state index in [1.54, 1.807) is 0 Å². The number of alkyl halides is 3. The third-order valence-electron chi connectivity index (χ3n) is 2.63. The molecule has 0 spiro atoms. The van der Waals surface area contributed by atoms with Crippen molar-refractivity contribution >= 4 is 5.91 Å². The SMILES string of the molecule is O=C(CC1CNCCO1)NCCCCC(F)(F)F. The lowest BCUT2D eigenvalue weighted by Crippen LogP contribution is -2.41. The van der Waals surface area contributed by atoms with Gasteiger partial charge in [-0.3, -0.25) is 4.79 Å². The Morgan fingerprint density at radius 3 is 2.78 bits per heavy atom. The van der Waals surface area contributed by atoms with Crippen molar-refractivity contribution in [3.63, 3.8) is 0 Å². The van der Waals surface area contributed by atoms with Crippen LogP contribution in [0.2, 0.25) is 0 Å². The summed E-state index contributed by atoms with van der Waals surface area (Å²) in [6, 6.07) is 0. The van der Waals surface area contributed by atoms with Gasteiger partial charge in [0.05, 0.1) is 19.1 Å². The second-order valence-electron chi connectivity index (χ2n) is 4.32. The van der Waals surface area contributed by atoms with Gasteiger partial charge < -0.3 is 15.4 Å². The molecular formula is C11H19F3N2O2. The maximum absolute atomic E-state index is 11.8. The Balaban J connectivity index is 1.99. The first kappa shape index (κ1) is 15.2. The quantitative estimate of drug-likeness (QED) is 0.712. The minimum atomic E-state index is -4.11. The average Bonchev–Trinajstić information content (AvgIpc) is 2.28. The number of halogens is 3. The number of ether oxygens (including phenoxy) is 1. The molecule has 4 nitrogen and oxygen atoms in total. The normalized spacial score (nSPS) is 20.7. The summed E-state index contributed by atoms with van der Waals surface area (Å²) in [7, 11) is 0. The van der Waals surface area contributed by atoms with Crippen LogP contribution in [0, 0.1) is 0 Å². The molecule has 7 heteroatoms. The number of carbonyl (C=O) groups is 1. The van der Waals surface area contributed by atoms with Crippen molar-refractivity contribution in [1.29, 1.82) is 0 Å². The molecule has 106 valence electrons. The van der Waals surface area contributed by atoms with E-state index >= 15 is 0 Å². The maximum Gasteiger partial charge on any atom is 0.389 e. The summed E-state index contributed by atoms with van der Waals surface area (Å²) in [6.45, 7) is 2.30. The molecule has 0 bridgehead atoms. The van der Waals surface area contributed by atoms with Crippen LogP contribution < -0.4 is 10.6 Å². The zero-order valence-corrected chi connectivity index (χ0v) is 10.2. The summed E-state index contributed by atoms with van der Waals surface area (Å²) < 4.78 is 40.9. The van der Waals surface area contributed by atoms with Crippen LogP contribution in [0.5, 0.6) is 0 Å². The van der Waals surface area contributed by atoms with Gasteiger partial charge in [-0.1, -0.05) is 0 Å². The predicted molar refractivity (Wildman–Crippen MR) is 60.1 cm³/mol. The Bertz CT molecular complexity index is 253. The Kier molecular flexibility index (Phi) is 6.42. The fraction of sp³-hybridized carbons (Fsp3) is 0.909. The third kappa shape index (κ3) is 7.50. The molecule has 1 rings (SSSR count). The van der Waals surface area contributed by atoms with E-state index in [2.05, 4.69) is 10.6 Å². The minimum absolute atomic E-state index is 0.0469. The van der Waals surface area contributed by atoms with E-state index in [-0.39, 0.29) is 31.4 Å². The lowest BCUT2D eigenvalue weighted by molar-refractivity contribution is -0.135. The van der Waals surface area contributed by atoms with Gasteiger partial charge in [-0.05, 0) is 12.8 Å². The van der Waals surface area contributed by atoms with Crippen LogP contribution in [0.15, 0.2) is 0 Å². The van der Waals surface area contributed by atoms with Gasteiger partial charge in [0.15, 0.2) is 0 Å². The molecule has 1 saturated heterocycles. The first-order valence-corrected chi connectivity index (χ1v) is 6.13. The molecule has 1 unspecified atom stereocenters. The molecule has 0 aliphatic carbocycles. The minimum Gasteiger partial charge on any atom is -0.375 e. The fourth-order valence-corrected chi connectivity index (χ4v) is 1.71. The average molecular weight is 268 g/mol. The second-order valence-corrected chi connectivity index (χ2v) is 4.32. The summed E-state index contributed by atoms with van der Waals surface area (Å²) >= 11 is 0. The fourth-order valence-electron chi connectivity index (χ4n) is 1.71. The van der Waals surface area contributed by atoms with Gasteiger partial charge in [-0.25, -0.2) is 0 Å². The largest absolute Gasteiger partial charge is 0.389 e. The van der Waals surface area contributed by atoms with Crippen LogP contribution in [-0.2, 0) is 9.53 Å². The van der Waals surface area contributed by atoms with Gasteiger partial charge in [0.25, 0.3) is 0 Å². The van der Waals surface area contributed by atoms with Crippen LogP contribution in [0.4, 0.5) is 13.2 Å². The van der Waals surface area contributed by atoms with Crippen molar-refractivity contribution in [3.8, 4) is 0 Å². The Hall–Kier alpha value is -0.820. The molecule has 1 fully saturated rings. The molecule has 0 radical (unpaired) electrons. The summed E-state index contributed by atoms with van der Waals surface area (Å²) in [4.78, 5) is 11.4. The number of unbranched alkanes of at least 4 members (excludes halogenated alkanes) is 1. The van der Waals surface area contributed by atoms with Crippen molar-refractivity contribution in [2.45, 2.75) is 38.0 Å². The molecule has 1 aliphatic heterocycles. The lowest BCUT2D eigenvalue weighted by Gasteiger charge is -2.23. The number of amides is 1. The standard InChI is InChI=1S/C11H19F3N2O2/c12-11(13,14)3-1-2-4-16-10(17)7-9-8-15-5-6-18-9/h9,15H,1-8H2,(H,16,17). The van der Waals surface area contributed by atoms with Crippen LogP contribution in [-0.4, -0.2) is 44.4 Å². The lowest BCUT2D eigenvalue weighted by atomic mass is 10.2. The number of hydrogen-bond donors (Lipinski definition) is 2. The van der Waals surface area contributed by atoms with E-state index in [1.165, 1.54) is 0 Å². The number of hydrogen-bond acceptors (Lipinski definition) is 3. The van der Waals surface area contributed by atoms with E-state index in [0.29, 0.717) is 19.6 Å². The number of carbonyl (C=O) groups excluding carboxylic acids is 1. The van der Waals surface area contributed by atoms with Gasteiger partial charge in [-0.15, -0.1) is 0 Å². The van der Waals surface area contributed by atoms with Crippen LogP contribution in [0.25, 0.3) is 0 Å². The van der Waals surface area contributed by atoms with Gasteiger partial charge in [0, 0.05) is 26.1 Å². The summed E-state index contributed by atoms with van der Waals surface area (Å²) in [5.41, 5.74) is 0. The third-order valence-corrected chi connectivity index (χ3v) is 2.63. The molecule has 1 atom stereocenters.